The average Bonchev–Trinajstić information content (AvgIpc) is 2.40. The van der Waals surface area contributed by atoms with Crippen molar-refractivity contribution in [1.82, 2.24) is 0 Å². The van der Waals surface area contributed by atoms with Gasteiger partial charge in [0.1, 0.15) is 11.6 Å². The third kappa shape index (κ3) is 3.42. The lowest BCUT2D eigenvalue weighted by Gasteiger charge is -2.18. The Morgan fingerprint density at radius 1 is 1.15 bits per heavy atom. The maximum Gasteiger partial charge on any atom is 0.231 e. The van der Waals surface area contributed by atoms with Gasteiger partial charge in [-0.15, -0.1) is 0 Å². The van der Waals surface area contributed by atoms with Gasteiger partial charge in [-0.2, -0.15) is 0 Å². The zero-order valence-electron chi connectivity index (χ0n) is 10.7. The summed E-state index contributed by atoms with van der Waals surface area (Å²) in [6, 6.07) is 10.2. The average molecular weight is 340 g/mol. The van der Waals surface area contributed by atoms with Gasteiger partial charge in [0.05, 0.1) is 12.1 Å². The Morgan fingerprint density at radius 3 is 2.40 bits per heavy atom. The van der Waals surface area contributed by atoms with E-state index >= 15 is 0 Å². The summed E-state index contributed by atoms with van der Waals surface area (Å²) in [5, 5.41) is 0. The minimum Gasteiger partial charge on any atom is -0.313 e. The van der Waals surface area contributed by atoms with Crippen LogP contribution in [0.4, 0.5) is 14.5 Å². The summed E-state index contributed by atoms with van der Waals surface area (Å²) in [6.07, 6.45) is 0.0896. The third-order valence-electron chi connectivity index (χ3n) is 2.91. The van der Waals surface area contributed by atoms with Crippen LogP contribution in [0.1, 0.15) is 5.56 Å². The topological polar surface area (TPSA) is 20.3 Å². The molecule has 0 atom stereocenters. The highest BCUT2D eigenvalue weighted by atomic mass is 79.9. The molecule has 0 N–H and O–H groups in total. The lowest BCUT2D eigenvalue weighted by Crippen LogP contribution is -2.28. The van der Waals surface area contributed by atoms with E-state index in [1.165, 1.54) is 36.2 Å². The maximum absolute atomic E-state index is 13.8. The van der Waals surface area contributed by atoms with Crippen molar-refractivity contribution in [2.45, 2.75) is 6.42 Å². The van der Waals surface area contributed by atoms with Crippen molar-refractivity contribution in [3.05, 3.63) is 64.1 Å². The number of hydrogen-bond donors (Lipinski definition) is 0. The largest absolute Gasteiger partial charge is 0.313 e. The van der Waals surface area contributed by atoms with Gasteiger partial charge < -0.3 is 4.90 Å². The van der Waals surface area contributed by atoms with Crippen molar-refractivity contribution in [2.24, 2.45) is 0 Å². The van der Waals surface area contributed by atoms with Crippen LogP contribution in [-0.2, 0) is 11.2 Å². The first-order valence-corrected chi connectivity index (χ1v) is 6.73. The number of halogens is 3. The van der Waals surface area contributed by atoms with E-state index in [4.69, 9.17) is 0 Å². The molecule has 0 aliphatic rings. The van der Waals surface area contributed by atoms with E-state index in [1.807, 2.05) is 0 Å². The van der Waals surface area contributed by atoms with E-state index in [9.17, 15) is 13.6 Å². The first-order valence-electron chi connectivity index (χ1n) is 5.93. The summed E-state index contributed by atoms with van der Waals surface area (Å²) in [6.45, 7) is 0. The molecule has 2 nitrogen and oxygen atoms in total. The molecule has 2 aromatic carbocycles. The summed E-state index contributed by atoms with van der Waals surface area (Å²) in [4.78, 5) is 13.3. The fourth-order valence-corrected chi connectivity index (χ4v) is 2.12. The first kappa shape index (κ1) is 14.7. The summed E-state index contributed by atoms with van der Waals surface area (Å²) in [7, 11) is 1.51. The molecule has 104 valence electrons. The predicted molar refractivity (Wildman–Crippen MR) is 77.6 cm³/mol. The fraction of sp³-hybridized carbons (Fsp3) is 0.133. The van der Waals surface area contributed by atoms with Crippen LogP contribution in [0, 0.1) is 11.6 Å². The zero-order chi connectivity index (χ0) is 14.7. The molecular formula is C15H12BrF2NO. The van der Waals surface area contributed by atoms with Crippen molar-refractivity contribution in [3.63, 3.8) is 0 Å². The molecule has 0 aliphatic carbocycles. The number of anilines is 1. The van der Waals surface area contributed by atoms with E-state index in [0.29, 0.717) is 10.0 Å². The number of nitrogens with zero attached hydrogens (tertiary/aromatic N) is 1. The Balaban J connectivity index is 2.14. The highest BCUT2D eigenvalue weighted by molar-refractivity contribution is 9.10. The van der Waals surface area contributed by atoms with Gasteiger partial charge in [-0.1, -0.05) is 28.1 Å². The molecule has 0 heterocycles. The van der Waals surface area contributed by atoms with E-state index in [1.54, 1.807) is 18.2 Å². The number of benzene rings is 2. The second-order valence-corrected chi connectivity index (χ2v) is 5.27. The lowest BCUT2D eigenvalue weighted by atomic mass is 10.1. The SMILES string of the molecule is CN(C(=O)Cc1ccc(F)cc1)c1ccc(Br)cc1F. The van der Waals surface area contributed by atoms with Crippen LogP contribution in [0.25, 0.3) is 0 Å². The van der Waals surface area contributed by atoms with E-state index in [0.717, 1.165) is 0 Å². The molecule has 0 aromatic heterocycles. The van der Waals surface area contributed by atoms with Crippen LogP contribution >= 0.6 is 15.9 Å². The van der Waals surface area contributed by atoms with Gasteiger partial charge in [-0.05, 0) is 35.9 Å². The highest BCUT2D eigenvalue weighted by Crippen LogP contribution is 2.22. The van der Waals surface area contributed by atoms with E-state index < -0.39 is 5.82 Å². The van der Waals surface area contributed by atoms with Crippen molar-refractivity contribution < 1.29 is 13.6 Å². The first-order chi connectivity index (χ1) is 9.47. The standard InChI is InChI=1S/C15H12BrF2NO/c1-19(14-7-4-11(16)9-13(14)18)15(20)8-10-2-5-12(17)6-3-10/h2-7,9H,8H2,1H3. The Hall–Kier alpha value is -1.75. The van der Waals surface area contributed by atoms with Crippen LogP contribution in [-0.4, -0.2) is 13.0 Å². The van der Waals surface area contributed by atoms with Gasteiger partial charge in [-0.25, -0.2) is 8.78 Å². The molecule has 0 aliphatic heterocycles. The number of hydrogen-bond acceptors (Lipinski definition) is 1. The summed E-state index contributed by atoms with van der Waals surface area (Å²) < 4.78 is 27.2. The second-order valence-electron chi connectivity index (χ2n) is 4.35. The van der Waals surface area contributed by atoms with Crippen molar-refractivity contribution in [2.75, 3.05) is 11.9 Å². The number of amides is 1. The molecule has 1 amide bonds. The van der Waals surface area contributed by atoms with Crippen LogP contribution < -0.4 is 4.90 Å². The molecule has 0 spiro atoms. The Morgan fingerprint density at radius 2 is 1.80 bits per heavy atom. The summed E-state index contributed by atoms with van der Waals surface area (Å²) >= 11 is 3.16. The van der Waals surface area contributed by atoms with E-state index in [-0.39, 0.29) is 23.8 Å². The predicted octanol–water partition coefficient (Wildman–Crippen LogP) is 3.93. The molecule has 0 unspecified atom stereocenters. The maximum atomic E-state index is 13.8. The molecule has 20 heavy (non-hydrogen) atoms. The highest BCUT2D eigenvalue weighted by Gasteiger charge is 2.15. The zero-order valence-corrected chi connectivity index (χ0v) is 12.3. The molecule has 2 aromatic rings. The molecular weight excluding hydrogens is 328 g/mol. The lowest BCUT2D eigenvalue weighted by molar-refractivity contribution is -0.117. The molecule has 0 saturated carbocycles. The fourth-order valence-electron chi connectivity index (χ4n) is 1.78. The quantitative estimate of drug-likeness (QED) is 0.829. The molecule has 0 radical (unpaired) electrons. The van der Waals surface area contributed by atoms with Gasteiger partial charge in [0.25, 0.3) is 0 Å². The van der Waals surface area contributed by atoms with Crippen LogP contribution in [0.15, 0.2) is 46.9 Å². The van der Waals surface area contributed by atoms with Gasteiger partial charge in [0.15, 0.2) is 0 Å². The van der Waals surface area contributed by atoms with Gasteiger partial charge in [-0.3, -0.25) is 4.79 Å². The summed E-state index contributed by atoms with van der Waals surface area (Å²) in [5.41, 5.74) is 0.890. The van der Waals surface area contributed by atoms with E-state index in [2.05, 4.69) is 15.9 Å². The van der Waals surface area contributed by atoms with Crippen LogP contribution in [0.3, 0.4) is 0 Å². The van der Waals surface area contributed by atoms with Gasteiger partial charge in [0, 0.05) is 11.5 Å². The smallest absolute Gasteiger partial charge is 0.231 e. The van der Waals surface area contributed by atoms with Crippen LogP contribution in [0.5, 0.6) is 0 Å². The Bertz CT molecular complexity index is 628. The Kier molecular flexibility index (Phi) is 4.49. The second kappa shape index (κ2) is 6.13. The molecule has 0 saturated heterocycles. The van der Waals surface area contributed by atoms with Gasteiger partial charge >= 0.3 is 0 Å². The Labute approximate surface area is 124 Å². The minimum absolute atomic E-state index is 0.0896. The van der Waals surface area contributed by atoms with Crippen molar-refractivity contribution in [3.8, 4) is 0 Å². The van der Waals surface area contributed by atoms with Crippen molar-refractivity contribution in [1.29, 1.82) is 0 Å². The number of rotatable bonds is 3. The molecule has 0 fully saturated rings. The molecule has 0 bridgehead atoms. The summed E-state index contributed by atoms with van der Waals surface area (Å²) in [5.74, 6) is -1.10. The number of carbonyl (C=O) groups is 1. The molecule has 5 heteroatoms. The minimum atomic E-state index is -0.477. The van der Waals surface area contributed by atoms with Crippen LogP contribution in [0.2, 0.25) is 0 Å². The molecule has 2 rings (SSSR count). The third-order valence-corrected chi connectivity index (χ3v) is 3.41. The van der Waals surface area contributed by atoms with Crippen molar-refractivity contribution >= 4 is 27.5 Å². The monoisotopic (exact) mass is 339 g/mol. The van der Waals surface area contributed by atoms with Gasteiger partial charge in [0.2, 0.25) is 5.91 Å². The normalized spacial score (nSPS) is 10.4. The number of likely N-dealkylation sites (N-methyl/N-ethyl adjacent to an activating group) is 1. The number of carbonyl (C=O) groups excluding carboxylic acids is 1.